The first-order valence-corrected chi connectivity index (χ1v) is 7.11. The van der Waals surface area contributed by atoms with Gasteiger partial charge in [0, 0.05) is 0 Å². The van der Waals surface area contributed by atoms with Crippen molar-refractivity contribution in [2.75, 3.05) is 0 Å². The zero-order valence-corrected chi connectivity index (χ0v) is 13.4. The highest BCUT2D eigenvalue weighted by molar-refractivity contribution is 5.92. The Morgan fingerprint density at radius 2 is 1.23 bits per heavy atom. The lowest BCUT2D eigenvalue weighted by molar-refractivity contribution is -0.388. The Morgan fingerprint density at radius 1 is 0.846 bits per heavy atom. The number of rotatable bonds is 6. The fraction of sp³-hybridized carbons (Fsp3) is 0.333. The van der Waals surface area contributed by atoms with E-state index in [4.69, 9.17) is 0 Å². The molecule has 0 atom stereocenters. The molecule has 0 bridgehead atoms. The topological polar surface area (TPSA) is 182 Å². The summed E-state index contributed by atoms with van der Waals surface area (Å²) in [5.41, 5.74) is -0.846. The summed E-state index contributed by atoms with van der Waals surface area (Å²) in [5.74, 6) is -2.06. The van der Waals surface area contributed by atoms with Crippen LogP contribution in [0.25, 0.3) is 22.3 Å². The molecule has 26 heavy (non-hydrogen) atoms. The molecule has 0 fully saturated rings. The molecule has 0 aliphatic rings. The van der Waals surface area contributed by atoms with Gasteiger partial charge in [0.05, 0.1) is 10.2 Å². The number of aromatic nitrogens is 6. The number of nitrogens with zero attached hydrogens (tertiary/aromatic N) is 8. The molecule has 0 N–H and O–H groups in total. The highest BCUT2D eigenvalue weighted by atomic mass is 16.6. The second-order valence-electron chi connectivity index (χ2n) is 5.45. The minimum atomic E-state index is -0.828. The number of hydrogen-bond donors (Lipinski definition) is 0. The minimum absolute atomic E-state index is 0.112. The van der Waals surface area contributed by atoms with E-state index in [0.717, 1.165) is 9.36 Å². The molecule has 0 aliphatic heterocycles. The average molecular weight is 362 g/mol. The fourth-order valence-electron chi connectivity index (χ4n) is 2.38. The first-order valence-electron chi connectivity index (χ1n) is 7.11. The van der Waals surface area contributed by atoms with E-state index in [1.165, 1.54) is 13.8 Å². The van der Waals surface area contributed by atoms with Crippen LogP contribution in [-0.2, 0) is 22.7 Å². The van der Waals surface area contributed by atoms with Crippen molar-refractivity contribution in [2.45, 2.75) is 26.9 Å². The van der Waals surface area contributed by atoms with Crippen LogP contribution in [0.5, 0.6) is 0 Å². The van der Waals surface area contributed by atoms with Crippen molar-refractivity contribution in [3.63, 3.8) is 0 Å². The summed E-state index contributed by atoms with van der Waals surface area (Å²) in [5, 5.41) is 29.8. The standard InChI is InChI=1S/C12H10N8O6/c1-5(21)3-17-9-7(11(15-17)19(23)24)13-8-10(14-9)18(4-6(2)22)16-12(8)20(25)26/h3-4H2,1-2H3. The third-order valence-electron chi connectivity index (χ3n) is 3.29. The Kier molecular flexibility index (Phi) is 3.86. The molecule has 3 rings (SSSR count). The normalized spacial score (nSPS) is 11.2. The van der Waals surface area contributed by atoms with Gasteiger partial charge in [-0.3, -0.25) is 9.59 Å². The van der Waals surface area contributed by atoms with E-state index in [2.05, 4.69) is 20.2 Å². The van der Waals surface area contributed by atoms with Gasteiger partial charge in [0.25, 0.3) is 0 Å². The highest BCUT2D eigenvalue weighted by Crippen LogP contribution is 2.28. The van der Waals surface area contributed by atoms with Crippen LogP contribution in [0.4, 0.5) is 11.6 Å². The van der Waals surface area contributed by atoms with E-state index in [1.807, 2.05) is 0 Å². The summed E-state index contributed by atoms with van der Waals surface area (Å²) in [4.78, 5) is 51.5. The van der Waals surface area contributed by atoms with Crippen LogP contribution in [0, 0.1) is 20.2 Å². The number of fused-ring (bicyclic) bond motifs is 2. The van der Waals surface area contributed by atoms with Crippen molar-refractivity contribution in [1.82, 2.24) is 29.5 Å². The van der Waals surface area contributed by atoms with Gasteiger partial charge in [-0.15, -0.1) is 9.36 Å². The SMILES string of the molecule is CC(=O)Cn1nc([N+](=O)[O-])c2nc3c([N+](=O)[O-])nn(CC(C)=O)c3nc21. The van der Waals surface area contributed by atoms with Crippen LogP contribution in [0.1, 0.15) is 13.8 Å². The van der Waals surface area contributed by atoms with Crippen molar-refractivity contribution in [1.29, 1.82) is 0 Å². The van der Waals surface area contributed by atoms with Crippen molar-refractivity contribution >= 4 is 45.5 Å². The second-order valence-corrected chi connectivity index (χ2v) is 5.45. The van der Waals surface area contributed by atoms with Crippen molar-refractivity contribution in [2.24, 2.45) is 0 Å². The molecule has 14 nitrogen and oxygen atoms in total. The van der Waals surface area contributed by atoms with Crippen molar-refractivity contribution in [3.05, 3.63) is 20.2 Å². The fourth-order valence-corrected chi connectivity index (χ4v) is 2.38. The number of hydrogen-bond acceptors (Lipinski definition) is 10. The molecular weight excluding hydrogens is 352 g/mol. The molecule has 0 aromatic carbocycles. The summed E-state index contributed by atoms with van der Waals surface area (Å²) in [6.45, 7) is 1.92. The molecule has 0 aliphatic carbocycles. The quantitative estimate of drug-likeness (QED) is 0.432. The molecule has 0 saturated carbocycles. The van der Waals surface area contributed by atoms with E-state index in [-0.39, 0.29) is 47.0 Å². The molecule has 0 unspecified atom stereocenters. The van der Waals surface area contributed by atoms with Gasteiger partial charge in [-0.05, 0) is 23.7 Å². The maximum absolute atomic E-state index is 11.4. The number of ketones is 2. The zero-order valence-electron chi connectivity index (χ0n) is 13.4. The maximum Gasteiger partial charge on any atom is 0.418 e. The number of carbonyl (C=O) groups excluding carboxylic acids is 2. The molecule has 0 radical (unpaired) electrons. The summed E-state index contributed by atoms with van der Waals surface area (Å²) >= 11 is 0. The van der Waals surface area contributed by atoms with Crippen LogP contribution in [-0.4, -0.2) is 50.9 Å². The first-order chi connectivity index (χ1) is 12.2. The molecule has 0 amide bonds. The van der Waals surface area contributed by atoms with E-state index >= 15 is 0 Å². The summed E-state index contributed by atoms with van der Waals surface area (Å²) in [7, 11) is 0. The van der Waals surface area contributed by atoms with E-state index in [9.17, 15) is 29.8 Å². The van der Waals surface area contributed by atoms with E-state index < -0.39 is 21.5 Å². The lowest BCUT2D eigenvalue weighted by atomic mass is 10.4. The Hall–Kier alpha value is -3.84. The van der Waals surface area contributed by atoms with Crippen LogP contribution in [0.15, 0.2) is 0 Å². The Balaban J connectivity index is 2.40. The van der Waals surface area contributed by atoms with Crippen LogP contribution < -0.4 is 0 Å². The number of Topliss-reactive ketones (excluding diaryl/α,β-unsaturated/α-hetero) is 2. The number of nitro groups is 2. The Labute approximate surface area is 142 Å². The zero-order chi connectivity index (χ0) is 19.2. The van der Waals surface area contributed by atoms with Crippen LogP contribution in [0.2, 0.25) is 0 Å². The highest BCUT2D eigenvalue weighted by Gasteiger charge is 2.31. The molecule has 14 heteroatoms. The first kappa shape index (κ1) is 17.0. The van der Waals surface area contributed by atoms with Gasteiger partial charge in [0.2, 0.25) is 22.3 Å². The minimum Gasteiger partial charge on any atom is -0.358 e. The second kappa shape index (κ2) is 5.91. The van der Waals surface area contributed by atoms with Gasteiger partial charge in [-0.1, -0.05) is 0 Å². The van der Waals surface area contributed by atoms with Crippen LogP contribution in [0.3, 0.4) is 0 Å². The average Bonchev–Trinajstić information content (AvgIpc) is 3.04. The maximum atomic E-state index is 11.4. The third-order valence-corrected chi connectivity index (χ3v) is 3.29. The van der Waals surface area contributed by atoms with Gasteiger partial charge >= 0.3 is 11.6 Å². The van der Waals surface area contributed by atoms with Crippen molar-refractivity contribution in [3.8, 4) is 0 Å². The molecule has 0 spiro atoms. The van der Waals surface area contributed by atoms with Gasteiger partial charge in [-0.25, -0.2) is 9.97 Å². The Bertz CT molecular complexity index is 1030. The summed E-state index contributed by atoms with van der Waals surface area (Å²) in [6, 6.07) is 0. The van der Waals surface area contributed by atoms with Crippen LogP contribution >= 0.6 is 0 Å². The molecule has 3 aromatic rings. The molecule has 134 valence electrons. The predicted octanol–water partition coefficient (Wildman–Crippen LogP) is 0.170. The van der Waals surface area contributed by atoms with Gasteiger partial charge in [0.15, 0.2) is 11.6 Å². The van der Waals surface area contributed by atoms with Gasteiger partial charge in [-0.2, -0.15) is 0 Å². The lowest BCUT2D eigenvalue weighted by Crippen LogP contribution is -2.10. The third kappa shape index (κ3) is 2.72. The monoisotopic (exact) mass is 362 g/mol. The molecular formula is C12H10N8O6. The molecule has 3 aromatic heterocycles. The van der Waals surface area contributed by atoms with Gasteiger partial charge < -0.3 is 20.2 Å². The Morgan fingerprint density at radius 3 is 1.54 bits per heavy atom. The largest absolute Gasteiger partial charge is 0.418 e. The van der Waals surface area contributed by atoms with E-state index in [1.54, 1.807) is 0 Å². The lowest BCUT2D eigenvalue weighted by Gasteiger charge is -1.96. The van der Waals surface area contributed by atoms with E-state index in [0.29, 0.717) is 0 Å². The smallest absolute Gasteiger partial charge is 0.358 e. The predicted molar refractivity (Wildman–Crippen MR) is 83.3 cm³/mol. The summed E-state index contributed by atoms with van der Waals surface area (Å²) < 4.78 is 1.97. The molecule has 3 heterocycles. The van der Waals surface area contributed by atoms with Gasteiger partial charge in [0.1, 0.15) is 13.1 Å². The number of carbonyl (C=O) groups is 2. The summed E-state index contributed by atoms with van der Waals surface area (Å²) in [6.07, 6.45) is 0. The molecule has 0 saturated heterocycles. The van der Waals surface area contributed by atoms with Crippen molar-refractivity contribution < 1.29 is 19.4 Å².